The van der Waals surface area contributed by atoms with E-state index in [2.05, 4.69) is 13.0 Å². The maximum atomic E-state index is 6.55. The maximum Gasteiger partial charge on any atom is 0.128 e. The zero-order valence-electron chi connectivity index (χ0n) is 11.9. The second kappa shape index (κ2) is 4.41. The van der Waals surface area contributed by atoms with Crippen molar-refractivity contribution in [3.05, 3.63) is 23.8 Å². The van der Waals surface area contributed by atoms with Crippen LogP contribution in [0.25, 0.3) is 0 Å². The molecule has 3 nitrogen and oxygen atoms in total. The third-order valence-electron chi connectivity index (χ3n) is 4.41. The molecule has 0 bridgehead atoms. The summed E-state index contributed by atoms with van der Waals surface area (Å²) in [6, 6.07) is 6.05. The van der Waals surface area contributed by atoms with E-state index in [0.717, 1.165) is 36.3 Å². The molecule has 19 heavy (non-hydrogen) atoms. The summed E-state index contributed by atoms with van der Waals surface area (Å²) in [5.41, 5.74) is 7.31. The minimum atomic E-state index is -0.303. The summed E-state index contributed by atoms with van der Waals surface area (Å²) in [5, 5.41) is 0. The Labute approximate surface area is 115 Å². The van der Waals surface area contributed by atoms with Gasteiger partial charge in [0.05, 0.1) is 6.61 Å². The van der Waals surface area contributed by atoms with Crippen LogP contribution in [0.2, 0.25) is 0 Å². The second-order valence-corrected chi connectivity index (χ2v) is 6.18. The molecule has 0 aromatic heterocycles. The van der Waals surface area contributed by atoms with Gasteiger partial charge in [0.2, 0.25) is 0 Å². The predicted octanol–water partition coefficient (Wildman–Crippen LogP) is 3.35. The van der Waals surface area contributed by atoms with Gasteiger partial charge < -0.3 is 15.2 Å². The van der Waals surface area contributed by atoms with E-state index in [1.165, 1.54) is 12.8 Å². The molecule has 2 aliphatic rings. The molecule has 0 radical (unpaired) electrons. The lowest BCUT2D eigenvalue weighted by Gasteiger charge is -2.44. The van der Waals surface area contributed by atoms with Gasteiger partial charge in [-0.25, -0.2) is 0 Å². The number of hydrogen-bond acceptors (Lipinski definition) is 3. The lowest BCUT2D eigenvalue weighted by molar-refractivity contribution is 0.0221. The summed E-state index contributed by atoms with van der Waals surface area (Å²) in [4.78, 5) is 0. The van der Waals surface area contributed by atoms with Crippen molar-refractivity contribution in [1.29, 1.82) is 0 Å². The smallest absolute Gasteiger partial charge is 0.128 e. The van der Waals surface area contributed by atoms with E-state index in [9.17, 15) is 0 Å². The van der Waals surface area contributed by atoms with Crippen molar-refractivity contribution in [2.75, 3.05) is 6.61 Å². The highest BCUT2D eigenvalue weighted by atomic mass is 16.5. The summed E-state index contributed by atoms with van der Waals surface area (Å²) >= 11 is 0. The van der Waals surface area contributed by atoms with Crippen LogP contribution in [0.3, 0.4) is 0 Å². The third-order valence-corrected chi connectivity index (χ3v) is 4.41. The van der Waals surface area contributed by atoms with Gasteiger partial charge in [0, 0.05) is 23.6 Å². The summed E-state index contributed by atoms with van der Waals surface area (Å²) in [5.74, 6) is 1.79. The molecule has 1 unspecified atom stereocenters. The number of nitrogens with two attached hydrogens (primary N) is 1. The molecule has 3 heteroatoms. The van der Waals surface area contributed by atoms with Crippen molar-refractivity contribution in [3.63, 3.8) is 0 Å². The Hall–Kier alpha value is -1.22. The monoisotopic (exact) mass is 261 g/mol. The first-order valence-corrected chi connectivity index (χ1v) is 7.30. The average molecular weight is 261 g/mol. The molecule has 1 atom stereocenters. The lowest BCUT2D eigenvalue weighted by Crippen LogP contribution is -2.49. The molecule has 0 saturated heterocycles. The van der Waals surface area contributed by atoms with Crippen LogP contribution >= 0.6 is 0 Å². The minimum Gasteiger partial charge on any atom is -0.494 e. The number of ether oxygens (including phenoxy) is 2. The second-order valence-electron chi connectivity index (χ2n) is 6.18. The molecule has 2 N–H and O–H groups in total. The van der Waals surface area contributed by atoms with Crippen LogP contribution in [-0.4, -0.2) is 12.2 Å². The molecule has 0 amide bonds. The molecule has 1 spiro atoms. The quantitative estimate of drug-likeness (QED) is 0.888. The van der Waals surface area contributed by atoms with Crippen molar-refractivity contribution in [2.24, 2.45) is 5.73 Å². The van der Waals surface area contributed by atoms with Gasteiger partial charge in [0.1, 0.15) is 17.1 Å². The van der Waals surface area contributed by atoms with Gasteiger partial charge in [0.15, 0.2) is 0 Å². The SMILES string of the molecule is CCOc1ccc2c(c1)OC1(CCCC1)CC2(C)N. The Morgan fingerprint density at radius 3 is 2.74 bits per heavy atom. The van der Waals surface area contributed by atoms with E-state index in [4.69, 9.17) is 15.2 Å². The van der Waals surface area contributed by atoms with Gasteiger partial charge in [-0.05, 0) is 51.7 Å². The lowest BCUT2D eigenvalue weighted by atomic mass is 9.77. The Balaban J connectivity index is 1.99. The Morgan fingerprint density at radius 1 is 1.32 bits per heavy atom. The molecular formula is C16H23NO2. The van der Waals surface area contributed by atoms with Gasteiger partial charge in [-0.3, -0.25) is 0 Å². The Kier molecular flexibility index (Phi) is 2.97. The fraction of sp³-hybridized carbons (Fsp3) is 0.625. The summed E-state index contributed by atoms with van der Waals surface area (Å²) in [6.45, 7) is 4.78. The zero-order chi connectivity index (χ0) is 13.5. The van der Waals surface area contributed by atoms with Crippen molar-refractivity contribution < 1.29 is 9.47 Å². The Bertz CT molecular complexity index is 476. The molecule has 1 aromatic carbocycles. The van der Waals surface area contributed by atoms with Gasteiger partial charge in [-0.1, -0.05) is 0 Å². The largest absolute Gasteiger partial charge is 0.494 e. The Morgan fingerprint density at radius 2 is 2.05 bits per heavy atom. The van der Waals surface area contributed by atoms with Crippen LogP contribution < -0.4 is 15.2 Å². The van der Waals surface area contributed by atoms with Crippen molar-refractivity contribution in [2.45, 2.75) is 57.1 Å². The minimum absolute atomic E-state index is 0.0403. The van der Waals surface area contributed by atoms with E-state index >= 15 is 0 Å². The van der Waals surface area contributed by atoms with Gasteiger partial charge >= 0.3 is 0 Å². The van der Waals surface area contributed by atoms with E-state index < -0.39 is 0 Å². The highest BCUT2D eigenvalue weighted by Gasteiger charge is 2.46. The number of benzene rings is 1. The fourth-order valence-corrected chi connectivity index (χ4v) is 3.65. The van der Waals surface area contributed by atoms with Gasteiger partial charge in [-0.2, -0.15) is 0 Å². The van der Waals surface area contributed by atoms with E-state index in [-0.39, 0.29) is 11.1 Å². The molecule has 1 aliphatic carbocycles. The molecule has 1 aliphatic heterocycles. The molecule has 1 aromatic rings. The topological polar surface area (TPSA) is 44.5 Å². The first-order valence-electron chi connectivity index (χ1n) is 7.30. The van der Waals surface area contributed by atoms with Crippen LogP contribution in [0.4, 0.5) is 0 Å². The first kappa shape index (κ1) is 12.8. The molecule has 1 heterocycles. The molecule has 104 valence electrons. The normalized spacial score (nSPS) is 27.9. The van der Waals surface area contributed by atoms with E-state index in [1.807, 2.05) is 19.1 Å². The molecular weight excluding hydrogens is 238 g/mol. The molecule has 3 rings (SSSR count). The van der Waals surface area contributed by atoms with Crippen LogP contribution in [-0.2, 0) is 5.54 Å². The van der Waals surface area contributed by atoms with Crippen molar-refractivity contribution >= 4 is 0 Å². The average Bonchev–Trinajstić information content (AvgIpc) is 2.75. The third kappa shape index (κ3) is 2.20. The predicted molar refractivity (Wildman–Crippen MR) is 75.6 cm³/mol. The number of hydrogen-bond donors (Lipinski definition) is 1. The fourth-order valence-electron chi connectivity index (χ4n) is 3.65. The summed E-state index contributed by atoms with van der Waals surface area (Å²) in [6.07, 6.45) is 5.66. The highest BCUT2D eigenvalue weighted by Crippen LogP contribution is 2.49. The van der Waals surface area contributed by atoms with E-state index in [0.29, 0.717) is 6.61 Å². The summed E-state index contributed by atoms with van der Waals surface area (Å²) in [7, 11) is 0. The standard InChI is InChI=1S/C16H23NO2/c1-3-18-12-6-7-13-14(10-12)19-16(8-4-5-9-16)11-15(13,2)17/h6-7,10H,3-5,8-9,11,17H2,1-2H3. The maximum absolute atomic E-state index is 6.55. The zero-order valence-corrected chi connectivity index (χ0v) is 11.9. The summed E-state index contributed by atoms with van der Waals surface area (Å²) < 4.78 is 11.9. The first-order chi connectivity index (χ1) is 9.05. The molecule has 1 fully saturated rings. The van der Waals surface area contributed by atoms with Crippen LogP contribution in [0.15, 0.2) is 18.2 Å². The van der Waals surface area contributed by atoms with Crippen LogP contribution in [0.1, 0.15) is 51.5 Å². The van der Waals surface area contributed by atoms with Crippen molar-refractivity contribution in [1.82, 2.24) is 0 Å². The van der Waals surface area contributed by atoms with Crippen molar-refractivity contribution in [3.8, 4) is 11.5 Å². The highest BCUT2D eigenvalue weighted by molar-refractivity contribution is 5.46. The molecule has 1 saturated carbocycles. The number of fused-ring (bicyclic) bond motifs is 1. The van der Waals surface area contributed by atoms with Gasteiger partial charge in [0.25, 0.3) is 0 Å². The van der Waals surface area contributed by atoms with Gasteiger partial charge in [-0.15, -0.1) is 0 Å². The van der Waals surface area contributed by atoms with Crippen LogP contribution in [0, 0.1) is 0 Å². The van der Waals surface area contributed by atoms with E-state index in [1.54, 1.807) is 0 Å². The van der Waals surface area contributed by atoms with Crippen LogP contribution in [0.5, 0.6) is 11.5 Å². The number of rotatable bonds is 2.